The Kier molecular flexibility index (Phi) is 5.78. The van der Waals surface area contributed by atoms with Gasteiger partial charge in [0.05, 0.1) is 0 Å². The summed E-state index contributed by atoms with van der Waals surface area (Å²) < 4.78 is 0.268. The maximum absolute atomic E-state index is 11.6. The van der Waals surface area contributed by atoms with Gasteiger partial charge in [0, 0.05) is 23.8 Å². The lowest BCUT2D eigenvalue weighted by Gasteiger charge is -2.17. The van der Waals surface area contributed by atoms with Gasteiger partial charge in [0.1, 0.15) is 0 Å². The second-order valence-corrected chi connectivity index (χ2v) is 6.18. The van der Waals surface area contributed by atoms with Crippen LogP contribution in [0.5, 0.6) is 0 Å². The van der Waals surface area contributed by atoms with Crippen LogP contribution >= 0.6 is 11.8 Å². The summed E-state index contributed by atoms with van der Waals surface area (Å²) in [6, 6.07) is -0.146. The van der Waals surface area contributed by atoms with Crippen LogP contribution in [-0.2, 0) is 4.79 Å². The Labute approximate surface area is 112 Å². The van der Waals surface area contributed by atoms with Crippen molar-refractivity contribution in [2.75, 3.05) is 12.8 Å². The lowest BCUT2D eigenvalue weighted by molar-refractivity contribution is -0.137. The van der Waals surface area contributed by atoms with Crippen LogP contribution in [0.3, 0.4) is 0 Å². The summed E-state index contributed by atoms with van der Waals surface area (Å²) in [6.07, 6.45) is 5.84. The minimum atomic E-state index is -0.790. The van der Waals surface area contributed by atoms with Gasteiger partial charge in [0.25, 0.3) is 0 Å². The molecule has 0 bridgehead atoms. The van der Waals surface area contributed by atoms with Crippen LogP contribution in [0.1, 0.15) is 39.0 Å². The van der Waals surface area contributed by atoms with Crippen LogP contribution in [0.4, 0.5) is 4.79 Å². The molecule has 1 unspecified atom stereocenters. The van der Waals surface area contributed by atoms with Crippen LogP contribution in [0.2, 0.25) is 0 Å². The van der Waals surface area contributed by atoms with Crippen molar-refractivity contribution in [3.8, 4) is 0 Å². The fourth-order valence-corrected chi connectivity index (χ4v) is 2.47. The number of carboxylic acids is 1. The molecule has 3 N–H and O–H groups in total. The van der Waals surface area contributed by atoms with Gasteiger partial charge in [-0.25, -0.2) is 4.79 Å². The highest BCUT2D eigenvalue weighted by Crippen LogP contribution is 2.46. The predicted molar refractivity (Wildman–Crippen MR) is 73.0 cm³/mol. The molecule has 1 aliphatic rings. The maximum atomic E-state index is 11.6. The molecule has 0 saturated heterocycles. The Morgan fingerprint density at radius 2 is 2.11 bits per heavy atom. The Balaban J connectivity index is 2.09. The van der Waals surface area contributed by atoms with Crippen LogP contribution in [0, 0.1) is 0 Å². The number of carboxylic acid groups (broad SMARTS) is 1. The average molecular weight is 274 g/mol. The minimum absolute atomic E-state index is 0.00813. The lowest BCUT2D eigenvalue weighted by atomic mass is 10.1. The number of carbonyl (C=O) groups excluding carboxylic acids is 1. The molecular weight excluding hydrogens is 252 g/mol. The highest BCUT2D eigenvalue weighted by atomic mass is 32.2. The zero-order chi connectivity index (χ0) is 13.6. The van der Waals surface area contributed by atoms with E-state index in [2.05, 4.69) is 16.9 Å². The largest absolute Gasteiger partial charge is 0.481 e. The van der Waals surface area contributed by atoms with Gasteiger partial charge in [-0.3, -0.25) is 4.79 Å². The van der Waals surface area contributed by atoms with Crippen molar-refractivity contribution < 1.29 is 14.7 Å². The van der Waals surface area contributed by atoms with Gasteiger partial charge >= 0.3 is 12.0 Å². The summed E-state index contributed by atoms with van der Waals surface area (Å²) in [5.74, 6) is -0.790. The van der Waals surface area contributed by atoms with Crippen molar-refractivity contribution in [2.45, 2.75) is 49.8 Å². The highest BCUT2D eigenvalue weighted by Gasteiger charge is 2.41. The lowest BCUT2D eigenvalue weighted by Crippen LogP contribution is -2.43. The average Bonchev–Trinajstić information content (AvgIpc) is 3.06. The second kappa shape index (κ2) is 6.87. The Bertz CT molecular complexity index is 306. The first-order chi connectivity index (χ1) is 8.47. The number of amides is 2. The molecule has 0 aliphatic heterocycles. The van der Waals surface area contributed by atoms with Gasteiger partial charge in [0.2, 0.25) is 0 Å². The summed E-state index contributed by atoms with van der Waals surface area (Å²) in [5, 5.41) is 14.2. The third-order valence-electron chi connectivity index (χ3n) is 3.22. The summed E-state index contributed by atoms with van der Waals surface area (Å²) in [5.41, 5.74) is 0. The van der Waals surface area contributed by atoms with E-state index in [1.807, 2.05) is 18.7 Å². The number of urea groups is 1. The van der Waals surface area contributed by atoms with E-state index >= 15 is 0 Å². The van der Waals surface area contributed by atoms with Gasteiger partial charge in [-0.15, -0.1) is 0 Å². The van der Waals surface area contributed by atoms with Gasteiger partial charge in [-0.05, 0) is 38.9 Å². The van der Waals surface area contributed by atoms with E-state index in [4.69, 9.17) is 5.11 Å². The maximum Gasteiger partial charge on any atom is 0.315 e. The molecule has 18 heavy (non-hydrogen) atoms. The zero-order valence-electron chi connectivity index (χ0n) is 11.0. The molecule has 1 rings (SSSR count). The van der Waals surface area contributed by atoms with E-state index in [0.29, 0.717) is 19.4 Å². The third kappa shape index (κ3) is 5.62. The summed E-state index contributed by atoms with van der Waals surface area (Å²) >= 11 is 1.81. The van der Waals surface area contributed by atoms with Crippen molar-refractivity contribution in [3.63, 3.8) is 0 Å². The molecule has 1 aliphatic carbocycles. The Morgan fingerprint density at radius 3 is 2.61 bits per heavy atom. The minimum Gasteiger partial charge on any atom is -0.481 e. The SMILES string of the molecule is CSC1(CNC(=O)NC(C)CCCC(=O)O)CC1. The van der Waals surface area contributed by atoms with E-state index in [1.165, 1.54) is 12.8 Å². The van der Waals surface area contributed by atoms with Crippen molar-refractivity contribution in [2.24, 2.45) is 0 Å². The molecule has 5 nitrogen and oxygen atoms in total. The van der Waals surface area contributed by atoms with Crippen molar-refractivity contribution >= 4 is 23.8 Å². The van der Waals surface area contributed by atoms with Gasteiger partial charge in [0.15, 0.2) is 0 Å². The smallest absolute Gasteiger partial charge is 0.315 e. The summed E-state index contributed by atoms with van der Waals surface area (Å²) in [4.78, 5) is 21.9. The molecule has 1 atom stereocenters. The van der Waals surface area contributed by atoms with Gasteiger partial charge in [-0.1, -0.05) is 0 Å². The van der Waals surface area contributed by atoms with Crippen LogP contribution in [-0.4, -0.2) is 40.7 Å². The molecule has 1 fully saturated rings. The second-order valence-electron chi connectivity index (χ2n) is 4.90. The van der Waals surface area contributed by atoms with Gasteiger partial charge in [-0.2, -0.15) is 11.8 Å². The molecule has 6 heteroatoms. The molecule has 1 saturated carbocycles. The van der Waals surface area contributed by atoms with Crippen molar-refractivity contribution in [3.05, 3.63) is 0 Å². The molecule has 104 valence electrons. The van der Waals surface area contributed by atoms with Crippen LogP contribution in [0.25, 0.3) is 0 Å². The van der Waals surface area contributed by atoms with E-state index < -0.39 is 5.97 Å². The molecule has 0 aromatic heterocycles. The first kappa shape index (κ1) is 15.1. The first-order valence-corrected chi connectivity index (χ1v) is 7.51. The summed E-state index contributed by atoms with van der Waals surface area (Å²) in [7, 11) is 0. The predicted octanol–water partition coefficient (Wildman–Crippen LogP) is 1.82. The number of rotatable bonds is 8. The van der Waals surface area contributed by atoms with E-state index in [1.54, 1.807) is 0 Å². The third-order valence-corrected chi connectivity index (χ3v) is 4.64. The number of hydrogen-bond acceptors (Lipinski definition) is 3. The summed E-state index contributed by atoms with van der Waals surface area (Å²) in [6.45, 7) is 2.60. The fourth-order valence-electron chi connectivity index (χ4n) is 1.74. The van der Waals surface area contributed by atoms with E-state index in [0.717, 1.165) is 0 Å². The number of thioether (sulfide) groups is 1. The zero-order valence-corrected chi connectivity index (χ0v) is 11.8. The molecule has 0 radical (unpaired) electrons. The molecular formula is C12H22N2O3S. The van der Waals surface area contributed by atoms with Crippen molar-refractivity contribution in [1.29, 1.82) is 0 Å². The van der Waals surface area contributed by atoms with E-state index in [9.17, 15) is 9.59 Å². The van der Waals surface area contributed by atoms with Crippen LogP contribution < -0.4 is 10.6 Å². The Morgan fingerprint density at radius 1 is 1.44 bits per heavy atom. The monoisotopic (exact) mass is 274 g/mol. The standard InChI is InChI=1S/C12H22N2O3S/c1-9(4-3-5-10(15)16)14-11(17)13-8-12(18-2)6-7-12/h9H,3-8H2,1-2H3,(H,15,16)(H2,13,14,17). The fraction of sp³-hybridized carbons (Fsp3) is 0.833. The molecule has 0 heterocycles. The normalized spacial score (nSPS) is 17.9. The molecule has 0 aromatic rings. The number of hydrogen-bond donors (Lipinski definition) is 3. The van der Waals surface area contributed by atoms with Crippen molar-refractivity contribution in [1.82, 2.24) is 10.6 Å². The number of nitrogens with one attached hydrogen (secondary N) is 2. The van der Waals surface area contributed by atoms with Crippen LogP contribution in [0.15, 0.2) is 0 Å². The topological polar surface area (TPSA) is 78.4 Å². The van der Waals surface area contributed by atoms with E-state index in [-0.39, 0.29) is 23.2 Å². The first-order valence-electron chi connectivity index (χ1n) is 6.29. The molecule has 0 spiro atoms. The van der Waals surface area contributed by atoms with Gasteiger partial charge < -0.3 is 15.7 Å². The quantitative estimate of drug-likeness (QED) is 0.631. The number of aliphatic carboxylic acids is 1. The number of carbonyl (C=O) groups is 2. The molecule has 2 amide bonds. The highest BCUT2D eigenvalue weighted by molar-refractivity contribution is 8.00. The Hall–Kier alpha value is -0.910. The molecule has 0 aromatic carbocycles.